The highest BCUT2D eigenvalue weighted by atomic mass is 35.5. The van der Waals surface area contributed by atoms with Crippen molar-refractivity contribution >= 4 is 52.9 Å². The number of aromatic hydroxyl groups is 2. The number of amides is 5. The van der Waals surface area contributed by atoms with Crippen LogP contribution < -0.4 is 21.3 Å². The molecular formula is C39H34ClF2N5O10. The first-order valence-electron chi connectivity index (χ1n) is 17.0. The number of carboxylic acids is 1. The Labute approximate surface area is 327 Å². The molecule has 4 bridgehead atoms. The third-order valence-corrected chi connectivity index (χ3v) is 9.25. The fourth-order valence-electron chi connectivity index (χ4n) is 5.87. The number of rotatable bonds is 10. The van der Waals surface area contributed by atoms with Gasteiger partial charge in [0.2, 0.25) is 29.4 Å². The van der Waals surface area contributed by atoms with E-state index < -0.39 is 78.9 Å². The molecule has 5 rings (SSSR count). The summed E-state index contributed by atoms with van der Waals surface area (Å²) >= 11 is 5.96. The lowest BCUT2D eigenvalue weighted by molar-refractivity contribution is -0.171. The number of ketones is 1. The van der Waals surface area contributed by atoms with Crippen molar-refractivity contribution in [2.45, 2.75) is 24.4 Å². The van der Waals surface area contributed by atoms with Gasteiger partial charge < -0.3 is 41.5 Å². The summed E-state index contributed by atoms with van der Waals surface area (Å²) in [5.41, 5.74) is 2.30. The molecule has 0 aliphatic carbocycles. The normalized spacial score (nSPS) is 15.6. The molecule has 7 N–H and O–H groups in total. The molecule has 15 nitrogen and oxygen atoms in total. The number of carbonyl (C=O) groups is 7. The smallest absolute Gasteiger partial charge is 0.401 e. The Kier molecular flexibility index (Phi) is 12.5. The van der Waals surface area contributed by atoms with E-state index in [1.54, 1.807) is 36.4 Å². The van der Waals surface area contributed by atoms with Crippen LogP contribution in [0.25, 0.3) is 22.3 Å². The Balaban J connectivity index is 1.38. The number of aliphatic carboxylic acids is 1. The molecule has 0 saturated heterocycles. The van der Waals surface area contributed by atoms with E-state index in [4.69, 9.17) is 16.7 Å². The van der Waals surface area contributed by atoms with Crippen molar-refractivity contribution in [2.75, 3.05) is 26.7 Å². The van der Waals surface area contributed by atoms with Crippen molar-refractivity contribution in [3.63, 3.8) is 0 Å². The van der Waals surface area contributed by atoms with Gasteiger partial charge in [0.15, 0.2) is 0 Å². The molecule has 1 aliphatic rings. The van der Waals surface area contributed by atoms with Crippen LogP contribution in [0, 0.1) is 0 Å². The lowest BCUT2D eigenvalue weighted by atomic mass is 9.94. The number of nitrogens with one attached hydrogen (secondary N) is 4. The maximum absolute atomic E-state index is 13.8. The molecule has 296 valence electrons. The first-order chi connectivity index (χ1) is 27.0. The van der Waals surface area contributed by atoms with Gasteiger partial charge in [-0.25, -0.2) is 4.79 Å². The average Bonchev–Trinajstić information content (AvgIpc) is 3.19. The highest BCUT2D eigenvalue weighted by Crippen LogP contribution is 2.38. The number of hydrogen-bond donors (Lipinski definition) is 7. The van der Waals surface area contributed by atoms with Gasteiger partial charge in [-0.2, -0.15) is 8.78 Å². The Hall–Kier alpha value is -6.88. The van der Waals surface area contributed by atoms with Gasteiger partial charge in [-0.15, -0.1) is 0 Å². The number of carbonyl (C=O) groups excluding carboxylic acids is 6. The third-order valence-electron chi connectivity index (χ3n) is 9.00. The number of hydrogen-bond acceptors (Lipinski definition) is 9. The molecule has 0 radical (unpaired) electrons. The van der Waals surface area contributed by atoms with Gasteiger partial charge >= 0.3 is 11.9 Å². The summed E-state index contributed by atoms with van der Waals surface area (Å²) in [5, 5.41) is 40.0. The van der Waals surface area contributed by atoms with E-state index in [9.17, 15) is 52.6 Å². The number of Topliss-reactive ketones (excluding diaryl/α,β-unsaturated/α-hetero) is 1. The predicted octanol–water partition coefficient (Wildman–Crippen LogP) is 2.58. The second-order valence-corrected chi connectivity index (χ2v) is 13.3. The fourth-order valence-corrected chi connectivity index (χ4v) is 6.00. The minimum Gasteiger partial charge on any atom is -0.507 e. The molecule has 4 aromatic rings. The Bertz CT molecular complexity index is 2250. The van der Waals surface area contributed by atoms with E-state index in [-0.39, 0.29) is 45.7 Å². The number of phenols is 2. The van der Waals surface area contributed by atoms with Crippen LogP contribution in [0.1, 0.15) is 27.5 Å². The maximum Gasteiger partial charge on any atom is 0.401 e. The van der Waals surface area contributed by atoms with Gasteiger partial charge in [-0.05, 0) is 70.8 Å². The number of halogens is 3. The summed E-state index contributed by atoms with van der Waals surface area (Å²) in [6, 6.07) is 18.4. The van der Waals surface area contributed by atoms with Gasteiger partial charge in [0, 0.05) is 35.2 Å². The molecular weight excluding hydrogens is 772 g/mol. The lowest BCUT2D eigenvalue weighted by Crippen LogP contribution is -2.53. The number of phenolic OH excluding ortho intramolecular Hbond substituents is 2. The van der Waals surface area contributed by atoms with Gasteiger partial charge in [0.25, 0.3) is 5.91 Å². The Morgan fingerprint density at radius 2 is 1.44 bits per heavy atom. The van der Waals surface area contributed by atoms with Crippen molar-refractivity contribution in [1.29, 1.82) is 0 Å². The Morgan fingerprint density at radius 3 is 2.07 bits per heavy atom. The van der Waals surface area contributed by atoms with E-state index in [1.807, 2.05) is 17.4 Å². The molecule has 57 heavy (non-hydrogen) atoms. The van der Waals surface area contributed by atoms with Crippen LogP contribution in [0.15, 0.2) is 84.9 Å². The molecule has 0 aromatic heterocycles. The van der Waals surface area contributed by atoms with Crippen molar-refractivity contribution in [3.05, 3.63) is 107 Å². The lowest BCUT2D eigenvalue weighted by Gasteiger charge is -2.29. The van der Waals surface area contributed by atoms with Crippen LogP contribution >= 0.6 is 11.6 Å². The Morgan fingerprint density at radius 1 is 0.842 bits per heavy atom. The second-order valence-electron chi connectivity index (χ2n) is 12.9. The molecule has 5 amide bonds. The number of likely N-dealkylation sites (N-methyl/N-ethyl adjacent to an activating group) is 1. The van der Waals surface area contributed by atoms with Gasteiger partial charge in [-0.1, -0.05) is 48.0 Å². The van der Waals surface area contributed by atoms with Crippen LogP contribution in [-0.2, 0) is 35.2 Å². The number of benzene rings is 4. The number of alkyl halides is 2. The molecule has 1 aliphatic heterocycles. The van der Waals surface area contributed by atoms with Crippen LogP contribution in [-0.4, -0.2) is 100 Å². The van der Waals surface area contributed by atoms with E-state index >= 15 is 0 Å². The minimum absolute atomic E-state index is 0.00634. The number of fused-ring (bicyclic) bond motifs is 5. The average molecular weight is 806 g/mol. The summed E-state index contributed by atoms with van der Waals surface area (Å²) in [6.45, 7) is -2.74. The molecule has 2 unspecified atom stereocenters. The molecule has 0 saturated carbocycles. The molecule has 4 aromatic carbocycles. The second kappa shape index (κ2) is 17.3. The number of nitrogens with zero attached hydrogens (tertiary/aromatic N) is 1. The minimum atomic E-state index is -4.80. The standard InChI is InChI=1S/C39H34ClF2N5O10/c1-47(33(52)19-45-35(53)23-5-3-21(4-6-23)22-7-10-25(40)11-8-22)34-24-9-13-30(49)27(16-24)26-14-20(2-12-29(26)48)15-28(46-32(51)18-44-37(34)55)36(54)43-17-31(50)39(41,42)38(56)57/h2-14,16,28,34,48-49H,15,17-19H2,1H3,(H,43,54)(H,44,55)(H,45,53)(H,46,51)(H,56,57). The molecule has 1 heterocycles. The monoisotopic (exact) mass is 805 g/mol. The SMILES string of the molecule is CN(C(=O)CNC(=O)c1ccc(-c2ccc(Cl)cc2)cc1)C1C(=O)NCC(=O)NC(C(=O)NCC(=O)C(F)(F)C(=O)O)Cc2ccc(O)c(c2)-c2cc1ccc2O. The highest BCUT2D eigenvalue weighted by Gasteiger charge is 2.47. The zero-order chi connectivity index (χ0) is 41.6. The first-order valence-corrected chi connectivity index (χ1v) is 17.4. The first kappa shape index (κ1) is 41.3. The molecule has 0 fully saturated rings. The van der Waals surface area contributed by atoms with Crippen molar-refractivity contribution in [3.8, 4) is 33.8 Å². The summed E-state index contributed by atoms with van der Waals surface area (Å²) in [4.78, 5) is 90.0. The summed E-state index contributed by atoms with van der Waals surface area (Å²) in [7, 11) is 1.27. The van der Waals surface area contributed by atoms with Crippen molar-refractivity contribution < 1.29 is 57.7 Å². The summed E-state index contributed by atoms with van der Waals surface area (Å²) < 4.78 is 27.3. The van der Waals surface area contributed by atoms with Gasteiger partial charge in [0.1, 0.15) is 23.6 Å². The van der Waals surface area contributed by atoms with E-state index in [0.717, 1.165) is 16.0 Å². The van der Waals surface area contributed by atoms with Crippen LogP contribution in [0.4, 0.5) is 8.78 Å². The zero-order valence-electron chi connectivity index (χ0n) is 29.8. The van der Waals surface area contributed by atoms with E-state index in [0.29, 0.717) is 5.02 Å². The summed E-state index contributed by atoms with van der Waals surface area (Å²) in [6.07, 6.45) is -0.360. The van der Waals surface area contributed by atoms with E-state index in [1.165, 1.54) is 43.4 Å². The molecule has 18 heteroatoms. The maximum atomic E-state index is 13.8. The van der Waals surface area contributed by atoms with Crippen molar-refractivity contribution in [2.24, 2.45) is 0 Å². The van der Waals surface area contributed by atoms with Crippen molar-refractivity contribution in [1.82, 2.24) is 26.2 Å². The molecule has 0 spiro atoms. The number of carboxylic acid groups (broad SMARTS) is 1. The molecule has 2 atom stereocenters. The zero-order valence-corrected chi connectivity index (χ0v) is 30.6. The largest absolute Gasteiger partial charge is 0.507 e. The van der Waals surface area contributed by atoms with Crippen LogP contribution in [0.3, 0.4) is 0 Å². The van der Waals surface area contributed by atoms with E-state index in [2.05, 4.69) is 16.0 Å². The summed E-state index contributed by atoms with van der Waals surface area (Å²) in [5.74, 6) is -14.8. The highest BCUT2D eigenvalue weighted by molar-refractivity contribution is 6.30. The van der Waals surface area contributed by atoms with Crippen LogP contribution in [0.2, 0.25) is 5.02 Å². The quantitative estimate of drug-likeness (QED) is 0.116. The van der Waals surface area contributed by atoms with Crippen LogP contribution in [0.5, 0.6) is 11.5 Å². The third kappa shape index (κ3) is 9.68. The topological polar surface area (TPSA) is 232 Å². The van der Waals surface area contributed by atoms with Gasteiger partial charge in [0.05, 0.1) is 19.6 Å². The fraction of sp³-hybridized carbons (Fsp3) is 0.205. The van der Waals surface area contributed by atoms with Gasteiger partial charge in [-0.3, -0.25) is 28.8 Å². The predicted molar refractivity (Wildman–Crippen MR) is 199 cm³/mol.